The number of aliphatic carboxylic acids is 1. The SMILES string of the molecule is NCc1ccc(C(=O)Nc2ccc(Nc3nc(-c4ccc(-c5ccccc5)cc4)cc4ccnn34)cc2)cc1.O=C(O)C(F)(F)F. The highest BCUT2D eigenvalue weighted by atomic mass is 19.4. The van der Waals surface area contributed by atoms with E-state index in [0.29, 0.717) is 23.7 Å². The van der Waals surface area contributed by atoms with Gasteiger partial charge in [0.2, 0.25) is 5.95 Å². The molecule has 46 heavy (non-hydrogen) atoms. The molecule has 1 amide bonds. The molecule has 2 heterocycles. The molecule has 0 aliphatic carbocycles. The summed E-state index contributed by atoms with van der Waals surface area (Å²) in [4.78, 5) is 26.4. The Balaban J connectivity index is 0.000000537. The third-order valence-electron chi connectivity index (χ3n) is 6.76. The molecule has 0 radical (unpaired) electrons. The quantitative estimate of drug-likeness (QED) is 0.148. The molecule has 9 nitrogen and oxygen atoms in total. The van der Waals surface area contributed by atoms with Gasteiger partial charge in [-0.1, -0.05) is 66.7 Å². The Morgan fingerprint density at radius 1 is 0.783 bits per heavy atom. The Bertz CT molecular complexity index is 1940. The highest BCUT2D eigenvalue weighted by Gasteiger charge is 2.38. The molecule has 4 aromatic carbocycles. The molecule has 232 valence electrons. The Hall–Kier alpha value is -6.01. The van der Waals surface area contributed by atoms with Gasteiger partial charge in [0.05, 0.1) is 17.4 Å². The third kappa shape index (κ3) is 7.73. The van der Waals surface area contributed by atoms with Gasteiger partial charge in [-0.15, -0.1) is 0 Å². The number of halogens is 3. The van der Waals surface area contributed by atoms with Crippen molar-refractivity contribution < 1.29 is 27.9 Å². The van der Waals surface area contributed by atoms with Crippen molar-refractivity contribution in [1.82, 2.24) is 14.6 Å². The van der Waals surface area contributed by atoms with Gasteiger partial charge in [0.25, 0.3) is 5.91 Å². The lowest BCUT2D eigenvalue weighted by Crippen LogP contribution is -2.21. The van der Waals surface area contributed by atoms with E-state index >= 15 is 0 Å². The second-order valence-corrected chi connectivity index (χ2v) is 9.94. The van der Waals surface area contributed by atoms with Crippen molar-refractivity contribution in [1.29, 1.82) is 0 Å². The summed E-state index contributed by atoms with van der Waals surface area (Å²) in [5.41, 5.74) is 13.8. The Kier molecular flexibility index (Phi) is 9.39. The van der Waals surface area contributed by atoms with Crippen LogP contribution >= 0.6 is 0 Å². The number of aromatic nitrogens is 3. The summed E-state index contributed by atoms with van der Waals surface area (Å²) >= 11 is 0. The zero-order chi connectivity index (χ0) is 32.7. The minimum absolute atomic E-state index is 0.176. The minimum Gasteiger partial charge on any atom is -0.475 e. The van der Waals surface area contributed by atoms with Crippen LogP contribution in [-0.4, -0.2) is 37.8 Å². The number of carboxylic acid groups (broad SMARTS) is 1. The minimum atomic E-state index is -5.08. The molecule has 2 aromatic heterocycles. The van der Waals surface area contributed by atoms with Gasteiger partial charge in [-0.25, -0.2) is 14.3 Å². The van der Waals surface area contributed by atoms with E-state index in [1.807, 2.05) is 66.7 Å². The molecule has 0 fully saturated rings. The van der Waals surface area contributed by atoms with Crippen LogP contribution in [0.1, 0.15) is 15.9 Å². The molecular formula is C34H27F3N6O3. The van der Waals surface area contributed by atoms with E-state index < -0.39 is 12.1 Å². The fraction of sp³-hybridized carbons (Fsp3) is 0.0588. The normalized spacial score (nSPS) is 11.0. The van der Waals surface area contributed by atoms with Gasteiger partial charge in [-0.2, -0.15) is 18.3 Å². The van der Waals surface area contributed by atoms with E-state index in [-0.39, 0.29) is 5.91 Å². The first-order chi connectivity index (χ1) is 22.1. The number of alkyl halides is 3. The van der Waals surface area contributed by atoms with Crippen LogP contribution in [0.25, 0.3) is 27.9 Å². The second-order valence-electron chi connectivity index (χ2n) is 9.94. The van der Waals surface area contributed by atoms with Crippen molar-refractivity contribution >= 4 is 34.7 Å². The molecule has 6 rings (SSSR count). The summed E-state index contributed by atoms with van der Waals surface area (Å²) in [5, 5.41) is 17.9. The highest BCUT2D eigenvalue weighted by molar-refractivity contribution is 6.04. The van der Waals surface area contributed by atoms with Gasteiger partial charge in [-0.3, -0.25) is 4.79 Å². The molecule has 5 N–H and O–H groups in total. The van der Waals surface area contributed by atoms with Crippen molar-refractivity contribution in [2.75, 3.05) is 10.6 Å². The number of rotatable bonds is 7. The zero-order valence-electron chi connectivity index (χ0n) is 24.1. The topological polar surface area (TPSA) is 135 Å². The average Bonchev–Trinajstić information content (AvgIpc) is 3.55. The number of carbonyl (C=O) groups is 2. The van der Waals surface area contributed by atoms with Gasteiger partial charge in [0, 0.05) is 29.0 Å². The highest BCUT2D eigenvalue weighted by Crippen LogP contribution is 2.27. The van der Waals surface area contributed by atoms with Crippen LogP contribution < -0.4 is 16.4 Å². The zero-order valence-corrected chi connectivity index (χ0v) is 24.1. The van der Waals surface area contributed by atoms with Gasteiger partial charge in [0.1, 0.15) is 0 Å². The van der Waals surface area contributed by atoms with Gasteiger partial charge in [0.15, 0.2) is 0 Å². The van der Waals surface area contributed by atoms with E-state index in [1.165, 1.54) is 5.56 Å². The summed E-state index contributed by atoms with van der Waals surface area (Å²) < 4.78 is 33.5. The van der Waals surface area contributed by atoms with Crippen LogP contribution in [0.4, 0.5) is 30.5 Å². The largest absolute Gasteiger partial charge is 0.490 e. The maximum absolute atomic E-state index is 12.6. The Morgan fingerprint density at radius 3 is 1.98 bits per heavy atom. The Labute approximate surface area is 261 Å². The first-order valence-electron chi connectivity index (χ1n) is 13.9. The monoisotopic (exact) mass is 624 g/mol. The first-order valence-corrected chi connectivity index (χ1v) is 13.9. The summed E-state index contributed by atoms with van der Waals surface area (Å²) in [6.07, 6.45) is -3.33. The van der Waals surface area contributed by atoms with Crippen LogP contribution in [0.15, 0.2) is 121 Å². The molecule has 12 heteroatoms. The standard InChI is InChI=1S/C32H26N6O.C2HF3O2/c33-21-22-6-8-26(9-7-22)31(39)35-27-14-16-28(17-15-27)36-32-37-30(20-29-18-19-34-38(29)32)25-12-10-24(11-13-25)23-4-2-1-3-5-23;3-2(4,5)1(6)7/h1-20H,21,33H2,(H,35,39)(H,36,37);(H,6,7). The van der Waals surface area contributed by atoms with Crippen molar-refractivity contribution in [3.63, 3.8) is 0 Å². The number of nitrogens with one attached hydrogen (secondary N) is 2. The Morgan fingerprint density at radius 2 is 1.37 bits per heavy atom. The fourth-order valence-corrected chi connectivity index (χ4v) is 4.39. The molecule has 0 aliphatic rings. The number of nitrogens with two attached hydrogens (primary N) is 1. The van der Waals surface area contributed by atoms with E-state index in [2.05, 4.69) is 52.1 Å². The van der Waals surface area contributed by atoms with Gasteiger partial charge < -0.3 is 21.5 Å². The summed E-state index contributed by atoms with van der Waals surface area (Å²) in [5.74, 6) is -2.34. The first kappa shape index (κ1) is 31.4. The lowest BCUT2D eigenvalue weighted by Gasteiger charge is -2.12. The molecule has 0 atom stereocenters. The fourth-order valence-electron chi connectivity index (χ4n) is 4.39. The van der Waals surface area contributed by atoms with Gasteiger partial charge >= 0.3 is 12.1 Å². The molecule has 0 bridgehead atoms. The van der Waals surface area contributed by atoms with E-state index in [9.17, 15) is 18.0 Å². The van der Waals surface area contributed by atoms with E-state index in [4.69, 9.17) is 20.6 Å². The average molecular weight is 625 g/mol. The smallest absolute Gasteiger partial charge is 0.475 e. The third-order valence-corrected chi connectivity index (χ3v) is 6.76. The van der Waals surface area contributed by atoms with Crippen LogP contribution in [-0.2, 0) is 11.3 Å². The molecule has 0 saturated heterocycles. The molecule has 0 spiro atoms. The number of anilines is 3. The van der Waals surface area contributed by atoms with Crippen LogP contribution in [0.2, 0.25) is 0 Å². The predicted octanol–water partition coefficient (Wildman–Crippen LogP) is 7.15. The lowest BCUT2D eigenvalue weighted by molar-refractivity contribution is -0.192. The number of hydrogen-bond acceptors (Lipinski definition) is 6. The maximum atomic E-state index is 12.6. The number of benzene rings is 4. The van der Waals surface area contributed by atoms with Gasteiger partial charge in [-0.05, 0) is 65.2 Å². The number of amides is 1. The van der Waals surface area contributed by atoms with Crippen LogP contribution in [0.3, 0.4) is 0 Å². The number of carbonyl (C=O) groups excluding carboxylic acids is 1. The summed E-state index contributed by atoms with van der Waals surface area (Å²) in [7, 11) is 0. The van der Waals surface area contributed by atoms with E-state index in [1.54, 1.807) is 22.8 Å². The molecule has 6 aromatic rings. The molecular weight excluding hydrogens is 597 g/mol. The van der Waals surface area contributed by atoms with Crippen molar-refractivity contribution in [3.8, 4) is 22.4 Å². The summed E-state index contributed by atoms with van der Waals surface area (Å²) in [6.45, 7) is 0.444. The molecule has 0 saturated carbocycles. The van der Waals surface area contributed by atoms with Crippen molar-refractivity contribution in [2.24, 2.45) is 5.73 Å². The number of carboxylic acids is 1. The van der Waals surface area contributed by atoms with Crippen LogP contribution in [0, 0.1) is 0 Å². The van der Waals surface area contributed by atoms with E-state index in [0.717, 1.165) is 33.6 Å². The number of hydrogen-bond donors (Lipinski definition) is 4. The van der Waals surface area contributed by atoms with Crippen molar-refractivity contribution in [3.05, 3.63) is 133 Å². The summed E-state index contributed by atoms with van der Waals surface area (Å²) in [6, 6.07) is 37.4. The number of fused-ring (bicyclic) bond motifs is 1. The molecule has 0 aliphatic heterocycles. The molecule has 0 unspecified atom stereocenters. The maximum Gasteiger partial charge on any atom is 0.490 e. The number of nitrogens with zero attached hydrogens (tertiary/aromatic N) is 3. The predicted molar refractivity (Wildman–Crippen MR) is 170 cm³/mol. The lowest BCUT2D eigenvalue weighted by atomic mass is 10.0. The van der Waals surface area contributed by atoms with Crippen molar-refractivity contribution in [2.45, 2.75) is 12.7 Å². The second kappa shape index (κ2) is 13.7. The van der Waals surface area contributed by atoms with Crippen LogP contribution in [0.5, 0.6) is 0 Å².